The van der Waals surface area contributed by atoms with E-state index in [-0.39, 0.29) is 6.09 Å². The topological polar surface area (TPSA) is 41.6 Å². The Bertz CT molecular complexity index is 199. The maximum atomic E-state index is 9.91. The number of rotatable bonds is 0. The van der Waals surface area contributed by atoms with Crippen molar-refractivity contribution in [1.82, 2.24) is 10.2 Å². The molecule has 16 heavy (non-hydrogen) atoms. The Labute approximate surface area is 97.3 Å². The molecule has 0 bridgehead atoms. The molecule has 0 saturated carbocycles. The molecule has 4 heteroatoms. The summed E-state index contributed by atoms with van der Waals surface area (Å²) in [5, 5.41) is 2.46. The van der Waals surface area contributed by atoms with Gasteiger partial charge in [0, 0.05) is 6.04 Å². The first-order valence-corrected chi connectivity index (χ1v) is 6.51. The Hall–Kier alpha value is -0.770. The van der Waals surface area contributed by atoms with Crippen LogP contribution in [0.3, 0.4) is 0 Å². The van der Waals surface area contributed by atoms with Crippen LogP contribution in [-0.4, -0.2) is 43.3 Å². The number of ether oxygens (including phenoxy) is 1. The van der Waals surface area contributed by atoms with Crippen molar-refractivity contribution in [3.8, 4) is 0 Å². The van der Waals surface area contributed by atoms with E-state index in [1.165, 1.54) is 51.6 Å². The number of hydrogen-bond donors (Lipinski definition) is 1. The van der Waals surface area contributed by atoms with Crippen LogP contribution in [0.25, 0.3) is 0 Å². The van der Waals surface area contributed by atoms with Gasteiger partial charge >= 0.3 is 6.09 Å². The zero-order valence-electron chi connectivity index (χ0n) is 9.91. The summed E-state index contributed by atoms with van der Waals surface area (Å²) in [6.07, 6.45) is 8.56. The fourth-order valence-electron chi connectivity index (χ4n) is 2.72. The SMILES string of the molecule is C1CCN2CCCCC2C1.O=C1NCCO1. The van der Waals surface area contributed by atoms with Crippen molar-refractivity contribution in [2.45, 2.75) is 44.6 Å². The third-order valence-corrected chi connectivity index (χ3v) is 3.59. The first-order valence-electron chi connectivity index (χ1n) is 6.51. The van der Waals surface area contributed by atoms with E-state index in [1.54, 1.807) is 0 Å². The van der Waals surface area contributed by atoms with Gasteiger partial charge in [-0.05, 0) is 38.8 Å². The first-order chi connectivity index (χ1) is 7.86. The van der Waals surface area contributed by atoms with Gasteiger partial charge in [-0.25, -0.2) is 4.79 Å². The summed E-state index contributed by atoms with van der Waals surface area (Å²) in [4.78, 5) is 12.6. The van der Waals surface area contributed by atoms with Gasteiger partial charge in [0.1, 0.15) is 6.61 Å². The normalized spacial score (nSPS) is 26.1. The van der Waals surface area contributed by atoms with Gasteiger partial charge in [0.2, 0.25) is 0 Å². The van der Waals surface area contributed by atoms with Gasteiger partial charge < -0.3 is 15.0 Å². The second kappa shape index (κ2) is 6.09. The number of cyclic esters (lactones) is 1. The highest BCUT2D eigenvalue weighted by molar-refractivity contribution is 5.68. The number of nitrogens with one attached hydrogen (secondary N) is 1. The van der Waals surface area contributed by atoms with Crippen LogP contribution >= 0.6 is 0 Å². The molecule has 1 N–H and O–H groups in total. The predicted octanol–water partition coefficient (Wildman–Crippen LogP) is 1.75. The molecular formula is C12H22N2O2. The second-order valence-corrected chi connectivity index (χ2v) is 4.74. The van der Waals surface area contributed by atoms with Crippen molar-refractivity contribution in [1.29, 1.82) is 0 Å². The Balaban J connectivity index is 0.000000138. The third kappa shape index (κ3) is 3.37. The number of carbonyl (C=O) groups is 1. The summed E-state index contributed by atoms with van der Waals surface area (Å²) in [5.41, 5.74) is 0. The molecule has 0 aromatic heterocycles. The van der Waals surface area contributed by atoms with Crippen molar-refractivity contribution in [2.24, 2.45) is 0 Å². The van der Waals surface area contributed by atoms with Crippen LogP contribution in [0.4, 0.5) is 4.79 Å². The number of nitrogens with zero attached hydrogens (tertiary/aromatic N) is 1. The van der Waals surface area contributed by atoms with Crippen LogP contribution in [0.1, 0.15) is 38.5 Å². The maximum Gasteiger partial charge on any atom is 0.407 e. The molecule has 3 aliphatic heterocycles. The number of fused-ring (bicyclic) bond motifs is 1. The zero-order chi connectivity index (χ0) is 11.2. The van der Waals surface area contributed by atoms with E-state index in [9.17, 15) is 4.79 Å². The van der Waals surface area contributed by atoms with Gasteiger partial charge in [-0.15, -0.1) is 0 Å². The molecule has 3 aliphatic rings. The molecule has 0 aromatic carbocycles. The van der Waals surface area contributed by atoms with Crippen LogP contribution in [0.15, 0.2) is 0 Å². The number of amides is 1. The minimum absolute atomic E-state index is 0.296. The van der Waals surface area contributed by atoms with Crippen molar-refractivity contribution in [3.05, 3.63) is 0 Å². The number of alkyl carbamates (subject to hydrolysis) is 1. The van der Waals surface area contributed by atoms with E-state index in [4.69, 9.17) is 0 Å². The Kier molecular flexibility index (Phi) is 4.45. The zero-order valence-corrected chi connectivity index (χ0v) is 9.91. The van der Waals surface area contributed by atoms with Crippen molar-refractivity contribution < 1.29 is 9.53 Å². The van der Waals surface area contributed by atoms with Crippen LogP contribution < -0.4 is 5.32 Å². The number of carbonyl (C=O) groups excluding carboxylic acids is 1. The molecule has 0 atom stereocenters. The van der Waals surface area contributed by atoms with Gasteiger partial charge in [-0.1, -0.05) is 12.8 Å². The molecule has 3 heterocycles. The van der Waals surface area contributed by atoms with Gasteiger partial charge in [0.15, 0.2) is 0 Å². The number of piperidine rings is 2. The van der Waals surface area contributed by atoms with E-state index < -0.39 is 0 Å². The first kappa shape index (κ1) is 11.7. The van der Waals surface area contributed by atoms with E-state index in [1.807, 2.05) is 0 Å². The van der Waals surface area contributed by atoms with E-state index in [0.717, 1.165) is 6.04 Å². The molecule has 0 aromatic rings. The molecule has 3 saturated heterocycles. The average molecular weight is 226 g/mol. The summed E-state index contributed by atoms with van der Waals surface area (Å²) in [6, 6.07) is 0.988. The quantitative estimate of drug-likeness (QED) is 0.684. The summed E-state index contributed by atoms with van der Waals surface area (Å²) in [5.74, 6) is 0. The fourth-order valence-corrected chi connectivity index (χ4v) is 2.72. The highest BCUT2D eigenvalue weighted by atomic mass is 16.6. The Morgan fingerprint density at radius 3 is 2.19 bits per heavy atom. The van der Waals surface area contributed by atoms with Gasteiger partial charge in [0.05, 0.1) is 6.54 Å². The van der Waals surface area contributed by atoms with Gasteiger partial charge in [-0.2, -0.15) is 0 Å². The van der Waals surface area contributed by atoms with E-state index >= 15 is 0 Å². The molecule has 0 unspecified atom stereocenters. The predicted molar refractivity (Wildman–Crippen MR) is 62.4 cm³/mol. The summed E-state index contributed by atoms with van der Waals surface area (Å²) >= 11 is 0. The molecule has 1 amide bonds. The highest BCUT2D eigenvalue weighted by Crippen LogP contribution is 2.25. The lowest BCUT2D eigenvalue weighted by molar-refractivity contribution is 0.109. The molecule has 3 rings (SSSR count). The summed E-state index contributed by atoms with van der Waals surface area (Å²) < 4.78 is 4.40. The van der Waals surface area contributed by atoms with Crippen molar-refractivity contribution >= 4 is 6.09 Å². The Morgan fingerprint density at radius 1 is 1.12 bits per heavy atom. The van der Waals surface area contributed by atoms with Crippen molar-refractivity contribution in [3.63, 3.8) is 0 Å². The maximum absolute atomic E-state index is 9.91. The lowest BCUT2D eigenvalue weighted by atomic mass is 9.93. The number of hydrogen-bond acceptors (Lipinski definition) is 3. The Morgan fingerprint density at radius 2 is 1.81 bits per heavy atom. The minimum Gasteiger partial charge on any atom is -0.448 e. The largest absolute Gasteiger partial charge is 0.448 e. The average Bonchev–Trinajstić information content (AvgIpc) is 2.81. The van der Waals surface area contributed by atoms with Crippen LogP contribution in [-0.2, 0) is 4.74 Å². The van der Waals surface area contributed by atoms with Crippen molar-refractivity contribution in [2.75, 3.05) is 26.2 Å². The van der Waals surface area contributed by atoms with E-state index in [2.05, 4.69) is 15.0 Å². The molecule has 3 fully saturated rings. The monoisotopic (exact) mass is 226 g/mol. The second-order valence-electron chi connectivity index (χ2n) is 4.74. The van der Waals surface area contributed by atoms with E-state index in [0.29, 0.717) is 13.2 Å². The lowest BCUT2D eigenvalue weighted by Crippen LogP contribution is -2.42. The highest BCUT2D eigenvalue weighted by Gasteiger charge is 2.24. The molecular weight excluding hydrogens is 204 g/mol. The smallest absolute Gasteiger partial charge is 0.407 e. The molecule has 92 valence electrons. The molecule has 0 aliphatic carbocycles. The lowest BCUT2D eigenvalue weighted by Gasteiger charge is -2.39. The fraction of sp³-hybridized carbons (Fsp3) is 0.917. The standard InChI is InChI=1S/C9H17N.C3H5NO2/c1-3-7-10-8-4-2-6-9(10)5-1;5-3-4-1-2-6-3/h9H,1-8H2;1-2H2,(H,4,5). The molecule has 4 nitrogen and oxygen atoms in total. The summed E-state index contributed by atoms with van der Waals surface area (Å²) in [6.45, 7) is 3.98. The molecule has 0 spiro atoms. The minimum atomic E-state index is -0.296. The van der Waals surface area contributed by atoms with Crippen LogP contribution in [0.5, 0.6) is 0 Å². The van der Waals surface area contributed by atoms with Gasteiger partial charge in [0.25, 0.3) is 0 Å². The third-order valence-electron chi connectivity index (χ3n) is 3.59. The molecule has 0 radical (unpaired) electrons. The summed E-state index contributed by atoms with van der Waals surface area (Å²) in [7, 11) is 0. The van der Waals surface area contributed by atoms with Gasteiger partial charge in [-0.3, -0.25) is 0 Å². The van der Waals surface area contributed by atoms with Crippen LogP contribution in [0.2, 0.25) is 0 Å². The van der Waals surface area contributed by atoms with Crippen LogP contribution in [0, 0.1) is 0 Å².